The Labute approximate surface area is 118 Å². The largest absolute Gasteiger partial charge is 0.315 e. The lowest BCUT2D eigenvalue weighted by Crippen LogP contribution is -2.28. The summed E-state index contributed by atoms with van der Waals surface area (Å²) in [6.45, 7) is 21.2. The number of rotatable bonds is 8. The Kier molecular flexibility index (Phi) is 64.1. The van der Waals surface area contributed by atoms with Gasteiger partial charge in [-0.1, -0.05) is 68.2 Å². The van der Waals surface area contributed by atoms with Gasteiger partial charge in [0.15, 0.2) is 0 Å². The molecule has 0 aromatic heterocycles. The highest BCUT2D eigenvalue weighted by Gasteiger charge is 1.83. The van der Waals surface area contributed by atoms with Crippen molar-refractivity contribution in [3.63, 3.8) is 0 Å². The van der Waals surface area contributed by atoms with Crippen molar-refractivity contribution in [3.8, 4) is 0 Å². The highest BCUT2D eigenvalue weighted by Crippen LogP contribution is 1.76. The Morgan fingerprint density at radius 1 is 0.444 bits per heavy atom. The molecule has 2 heteroatoms. The fourth-order valence-electron chi connectivity index (χ4n) is 0.780. The van der Waals surface area contributed by atoms with Crippen molar-refractivity contribution in [2.75, 3.05) is 26.2 Å². The molecule has 0 spiro atoms. The molecule has 0 unspecified atom stereocenters. The zero-order valence-electron chi connectivity index (χ0n) is 14.7. The van der Waals surface area contributed by atoms with Crippen molar-refractivity contribution in [2.24, 2.45) is 0 Å². The third-order valence-electron chi connectivity index (χ3n) is 1.83. The molecule has 0 aliphatic rings. The molecule has 0 radical (unpaired) electrons. The Balaban J connectivity index is -0.000000102. The summed E-state index contributed by atoms with van der Waals surface area (Å²) in [5.41, 5.74) is 0. The first-order chi connectivity index (χ1) is 8.83. The van der Waals surface area contributed by atoms with Crippen molar-refractivity contribution in [1.82, 2.24) is 10.6 Å². The fraction of sp³-hybridized carbons (Fsp3) is 1.00. The minimum absolute atomic E-state index is 1.10. The molecule has 0 saturated carbocycles. The molecule has 0 heterocycles. The lowest BCUT2D eigenvalue weighted by molar-refractivity contribution is 0.603. The average molecular weight is 263 g/mol. The van der Waals surface area contributed by atoms with Crippen molar-refractivity contribution in [3.05, 3.63) is 0 Å². The van der Waals surface area contributed by atoms with Gasteiger partial charge in [0.2, 0.25) is 0 Å². The molecule has 2 nitrogen and oxygen atoms in total. The Morgan fingerprint density at radius 2 is 0.722 bits per heavy atom. The summed E-state index contributed by atoms with van der Waals surface area (Å²) in [6.07, 6.45) is 5.10. The Morgan fingerprint density at radius 3 is 0.889 bits per heavy atom. The van der Waals surface area contributed by atoms with Gasteiger partial charge in [0.25, 0.3) is 0 Å². The van der Waals surface area contributed by atoms with Crippen LogP contribution < -0.4 is 10.6 Å². The summed E-state index contributed by atoms with van der Waals surface area (Å²) in [6, 6.07) is 0. The van der Waals surface area contributed by atoms with Crippen molar-refractivity contribution in [1.29, 1.82) is 0 Å². The predicted molar refractivity (Wildman–Crippen MR) is 89.6 cm³/mol. The second-order valence-corrected chi connectivity index (χ2v) is 3.50. The summed E-state index contributed by atoms with van der Waals surface area (Å²) in [4.78, 5) is 0. The van der Waals surface area contributed by atoms with E-state index in [0.717, 1.165) is 26.2 Å². The fourth-order valence-corrected chi connectivity index (χ4v) is 0.780. The molecule has 0 rings (SSSR count). The van der Waals surface area contributed by atoms with Gasteiger partial charge < -0.3 is 10.6 Å². The van der Waals surface area contributed by atoms with E-state index in [1.807, 2.05) is 27.7 Å². The lowest BCUT2D eigenvalue weighted by Gasteiger charge is -2.03. The molecule has 0 aliphatic carbocycles. The molecule has 0 aromatic rings. The van der Waals surface area contributed by atoms with E-state index in [9.17, 15) is 0 Å². The van der Waals surface area contributed by atoms with Crippen LogP contribution in [0.2, 0.25) is 0 Å². The molecule has 0 fully saturated rings. The van der Waals surface area contributed by atoms with Gasteiger partial charge in [-0.25, -0.2) is 0 Å². The maximum atomic E-state index is 3.33. The van der Waals surface area contributed by atoms with Gasteiger partial charge in [0, 0.05) is 13.1 Å². The monoisotopic (exact) mass is 262 g/mol. The lowest BCUT2D eigenvalue weighted by atomic mass is 10.4. The summed E-state index contributed by atoms with van der Waals surface area (Å²) in [7, 11) is 0. The van der Waals surface area contributed by atoms with Crippen LogP contribution >= 0.6 is 0 Å². The summed E-state index contributed by atoms with van der Waals surface area (Å²) in [5, 5.41) is 6.66. The van der Waals surface area contributed by atoms with Gasteiger partial charge in [0.05, 0.1) is 0 Å². The number of nitrogens with one attached hydrogen (secondary N) is 2. The molecule has 0 aliphatic heterocycles. The van der Waals surface area contributed by atoms with E-state index in [0.29, 0.717) is 0 Å². The number of hydrogen-bond acceptors (Lipinski definition) is 2. The van der Waals surface area contributed by atoms with E-state index in [2.05, 4.69) is 38.3 Å². The SMILES string of the molecule is CC.CC.CCCC.CCCNCCNCCC. The van der Waals surface area contributed by atoms with E-state index in [-0.39, 0.29) is 0 Å². The first-order valence-electron chi connectivity index (χ1n) is 8.24. The van der Waals surface area contributed by atoms with Crippen molar-refractivity contribution < 1.29 is 0 Å². The highest BCUT2D eigenvalue weighted by molar-refractivity contribution is 4.49. The van der Waals surface area contributed by atoms with Crippen LogP contribution in [0.5, 0.6) is 0 Å². The first kappa shape index (κ1) is 26.5. The molecule has 0 aromatic carbocycles. The molecule has 18 heavy (non-hydrogen) atoms. The predicted octanol–water partition coefficient (Wildman–Crippen LogP) is 4.84. The average Bonchev–Trinajstić information content (AvgIpc) is 2.47. The number of hydrogen-bond donors (Lipinski definition) is 2. The summed E-state index contributed by atoms with van der Waals surface area (Å²) >= 11 is 0. The third-order valence-corrected chi connectivity index (χ3v) is 1.83. The minimum atomic E-state index is 1.10. The van der Waals surface area contributed by atoms with E-state index in [4.69, 9.17) is 0 Å². The van der Waals surface area contributed by atoms with Gasteiger partial charge in [-0.2, -0.15) is 0 Å². The van der Waals surface area contributed by atoms with Crippen LogP contribution in [0.25, 0.3) is 0 Å². The van der Waals surface area contributed by atoms with Gasteiger partial charge in [-0.3, -0.25) is 0 Å². The van der Waals surface area contributed by atoms with Gasteiger partial charge in [-0.05, 0) is 25.9 Å². The molecule has 0 saturated heterocycles. The molecule has 116 valence electrons. The summed E-state index contributed by atoms with van der Waals surface area (Å²) in [5.74, 6) is 0. The van der Waals surface area contributed by atoms with Crippen LogP contribution in [0.1, 0.15) is 81.1 Å². The van der Waals surface area contributed by atoms with E-state index in [1.54, 1.807) is 0 Å². The second-order valence-electron chi connectivity index (χ2n) is 3.50. The van der Waals surface area contributed by atoms with E-state index >= 15 is 0 Å². The van der Waals surface area contributed by atoms with Crippen LogP contribution in [0.3, 0.4) is 0 Å². The summed E-state index contributed by atoms with van der Waals surface area (Å²) < 4.78 is 0. The Hall–Kier alpha value is -0.0800. The Bertz CT molecular complexity index is 65.5. The number of unbranched alkanes of at least 4 members (excludes halogenated alkanes) is 1. The maximum Gasteiger partial charge on any atom is 0.00767 e. The molecular weight excluding hydrogens is 220 g/mol. The van der Waals surface area contributed by atoms with Crippen molar-refractivity contribution in [2.45, 2.75) is 81.1 Å². The normalized spacial score (nSPS) is 8.00. The van der Waals surface area contributed by atoms with Gasteiger partial charge in [0.1, 0.15) is 0 Å². The van der Waals surface area contributed by atoms with Crippen LogP contribution in [0.4, 0.5) is 0 Å². The first-order valence-corrected chi connectivity index (χ1v) is 8.24. The molecule has 0 atom stereocenters. The quantitative estimate of drug-likeness (QED) is 0.611. The van der Waals surface area contributed by atoms with Crippen molar-refractivity contribution >= 4 is 0 Å². The molecule has 0 amide bonds. The zero-order valence-corrected chi connectivity index (χ0v) is 14.7. The topological polar surface area (TPSA) is 24.1 Å². The van der Waals surface area contributed by atoms with Gasteiger partial charge in [-0.15, -0.1) is 0 Å². The van der Waals surface area contributed by atoms with Gasteiger partial charge >= 0.3 is 0 Å². The molecular formula is C16H42N2. The molecule has 2 N–H and O–H groups in total. The highest BCUT2D eigenvalue weighted by atomic mass is 14.9. The van der Waals surface area contributed by atoms with Crippen LogP contribution in [-0.4, -0.2) is 26.2 Å². The third kappa shape index (κ3) is 56.5. The smallest absolute Gasteiger partial charge is 0.00767 e. The molecule has 0 bridgehead atoms. The van der Waals surface area contributed by atoms with Crippen LogP contribution in [0, 0.1) is 0 Å². The van der Waals surface area contributed by atoms with Crippen LogP contribution in [-0.2, 0) is 0 Å². The standard InChI is InChI=1S/C8H20N2.C4H10.2C2H6/c1-3-5-9-7-8-10-6-4-2;1-3-4-2;2*1-2/h9-10H,3-8H2,1-2H3;3-4H2,1-2H3;2*1-2H3. The van der Waals surface area contributed by atoms with E-state index in [1.165, 1.54) is 25.7 Å². The van der Waals surface area contributed by atoms with Crippen LogP contribution in [0.15, 0.2) is 0 Å². The zero-order chi connectivity index (χ0) is 15.1. The minimum Gasteiger partial charge on any atom is -0.315 e. The van der Waals surface area contributed by atoms with E-state index < -0.39 is 0 Å². The maximum absolute atomic E-state index is 3.33. The second kappa shape index (κ2) is 43.6.